The molecule has 0 bridgehead atoms. The molecule has 6 nitrogen and oxygen atoms in total. The molecule has 1 aromatic heterocycles. The lowest BCUT2D eigenvalue weighted by Gasteiger charge is -2.23. The van der Waals surface area contributed by atoms with Crippen molar-refractivity contribution in [1.29, 1.82) is 0 Å². The first-order chi connectivity index (χ1) is 8.66. The average molecular weight is 253 g/mol. The minimum atomic E-state index is -0.268. The van der Waals surface area contributed by atoms with Crippen LogP contribution in [0, 0.1) is 5.92 Å². The number of amides is 2. The quantitative estimate of drug-likeness (QED) is 0.838. The first kappa shape index (κ1) is 12.9. The van der Waals surface area contributed by atoms with Crippen molar-refractivity contribution in [2.24, 2.45) is 5.92 Å². The third-order valence-electron chi connectivity index (χ3n) is 3.39. The fraction of sp³-hybridized carbons (Fsp3) is 0.667. The number of hydrogen-bond acceptors (Lipinski definition) is 4. The van der Waals surface area contributed by atoms with Gasteiger partial charge < -0.3 is 19.8 Å². The van der Waals surface area contributed by atoms with Gasteiger partial charge in [0.25, 0.3) is 0 Å². The van der Waals surface area contributed by atoms with Crippen molar-refractivity contribution in [1.82, 2.24) is 15.4 Å². The van der Waals surface area contributed by atoms with Gasteiger partial charge in [-0.25, -0.2) is 4.79 Å². The van der Waals surface area contributed by atoms with Crippen molar-refractivity contribution in [3.63, 3.8) is 0 Å². The Balaban J connectivity index is 1.74. The second kappa shape index (κ2) is 5.86. The number of aliphatic hydroxyl groups excluding tert-OH is 1. The number of nitrogens with one attached hydrogen (secondary N) is 1. The Morgan fingerprint density at radius 3 is 3.11 bits per heavy atom. The van der Waals surface area contributed by atoms with Crippen molar-refractivity contribution < 1.29 is 14.4 Å². The topological polar surface area (TPSA) is 78.6 Å². The first-order valence-corrected chi connectivity index (χ1v) is 6.23. The molecule has 0 aliphatic heterocycles. The summed E-state index contributed by atoms with van der Waals surface area (Å²) in [5.74, 6) is 0.202. The zero-order chi connectivity index (χ0) is 13.0. The van der Waals surface area contributed by atoms with E-state index in [2.05, 4.69) is 15.0 Å². The predicted octanol–water partition coefficient (Wildman–Crippen LogP) is 0.977. The molecular formula is C12H19N3O3. The van der Waals surface area contributed by atoms with Gasteiger partial charge in [0.05, 0.1) is 12.6 Å². The molecule has 0 spiro atoms. The standard InChI is InChI=1S/C12H19N3O3/c1-15(8-9-3-2-4-11(9)16)12(17)13-7-10-5-6-18-14-10/h5-6,9,11,16H,2-4,7-8H2,1H3,(H,13,17)/t9-,11-/m1/s1. The lowest BCUT2D eigenvalue weighted by molar-refractivity contribution is 0.114. The number of carbonyl (C=O) groups is 1. The molecule has 1 heterocycles. The molecule has 1 fully saturated rings. The van der Waals surface area contributed by atoms with E-state index in [4.69, 9.17) is 0 Å². The highest BCUT2D eigenvalue weighted by molar-refractivity contribution is 5.73. The zero-order valence-electron chi connectivity index (χ0n) is 10.5. The van der Waals surface area contributed by atoms with Crippen LogP contribution in [0.4, 0.5) is 4.79 Å². The molecule has 1 aromatic rings. The fourth-order valence-corrected chi connectivity index (χ4v) is 2.29. The molecule has 2 N–H and O–H groups in total. The van der Waals surface area contributed by atoms with E-state index < -0.39 is 0 Å². The molecule has 2 atom stereocenters. The van der Waals surface area contributed by atoms with Gasteiger partial charge in [-0.2, -0.15) is 0 Å². The normalized spacial score (nSPS) is 23.0. The molecule has 6 heteroatoms. The molecular weight excluding hydrogens is 234 g/mol. The van der Waals surface area contributed by atoms with Crippen LogP contribution in [0.3, 0.4) is 0 Å². The third kappa shape index (κ3) is 3.22. The van der Waals surface area contributed by atoms with Gasteiger partial charge in [-0.05, 0) is 12.8 Å². The van der Waals surface area contributed by atoms with Gasteiger partial charge in [0.1, 0.15) is 12.0 Å². The van der Waals surface area contributed by atoms with Gasteiger partial charge in [-0.1, -0.05) is 11.6 Å². The van der Waals surface area contributed by atoms with Crippen molar-refractivity contribution in [2.75, 3.05) is 13.6 Å². The summed E-state index contributed by atoms with van der Waals surface area (Å²) < 4.78 is 4.68. The summed E-state index contributed by atoms with van der Waals surface area (Å²) in [7, 11) is 1.74. The van der Waals surface area contributed by atoms with Gasteiger partial charge in [-0.15, -0.1) is 0 Å². The predicted molar refractivity (Wildman–Crippen MR) is 64.7 cm³/mol. The molecule has 100 valence electrons. The Hall–Kier alpha value is -1.56. The summed E-state index contributed by atoms with van der Waals surface area (Å²) in [6, 6.07) is 1.55. The van der Waals surface area contributed by atoms with Crippen LogP contribution in [0.25, 0.3) is 0 Å². The number of rotatable bonds is 4. The minimum Gasteiger partial charge on any atom is -0.393 e. The lowest BCUT2D eigenvalue weighted by Crippen LogP contribution is -2.40. The van der Waals surface area contributed by atoms with Crippen LogP contribution in [0.5, 0.6) is 0 Å². The van der Waals surface area contributed by atoms with E-state index in [1.165, 1.54) is 6.26 Å². The van der Waals surface area contributed by atoms with Crippen LogP contribution in [0.2, 0.25) is 0 Å². The number of hydrogen-bond donors (Lipinski definition) is 2. The van der Waals surface area contributed by atoms with E-state index in [0.29, 0.717) is 18.8 Å². The molecule has 0 saturated heterocycles. The molecule has 1 aliphatic rings. The van der Waals surface area contributed by atoms with E-state index in [1.54, 1.807) is 18.0 Å². The number of carbonyl (C=O) groups excluding carboxylic acids is 1. The van der Waals surface area contributed by atoms with E-state index in [9.17, 15) is 9.90 Å². The van der Waals surface area contributed by atoms with Crippen LogP contribution in [-0.2, 0) is 6.54 Å². The molecule has 0 aromatic carbocycles. The summed E-state index contributed by atoms with van der Waals surface area (Å²) in [5.41, 5.74) is 0.692. The highest BCUT2D eigenvalue weighted by Gasteiger charge is 2.27. The number of aromatic nitrogens is 1. The van der Waals surface area contributed by atoms with E-state index >= 15 is 0 Å². The summed E-state index contributed by atoms with van der Waals surface area (Å²) in [6.45, 7) is 0.943. The number of aliphatic hydroxyl groups is 1. The summed E-state index contributed by atoms with van der Waals surface area (Å²) in [5, 5.41) is 16.2. The molecule has 0 unspecified atom stereocenters. The lowest BCUT2D eigenvalue weighted by atomic mass is 10.1. The molecule has 2 amide bonds. The van der Waals surface area contributed by atoms with E-state index in [0.717, 1.165) is 19.3 Å². The summed E-state index contributed by atoms with van der Waals surface area (Å²) >= 11 is 0. The van der Waals surface area contributed by atoms with Gasteiger partial charge >= 0.3 is 6.03 Å². The van der Waals surface area contributed by atoms with Crippen LogP contribution in [0.1, 0.15) is 25.0 Å². The summed E-state index contributed by atoms with van der Waals surface area (Å²) in [6.07, 6.45) is 4.08. The van der Waals surface area contributed by atoms with Crippen LogP contribution < -0.4 is 5.32 Å². The maximum Gasteiger partial charge on any atom is 0.317 e. The van der Waals surface area contributed by atoms with Gasteiger partial charge in [0.15, 0.2) is 0 Å². The zero-order valence-corrected chi connectivity index (χ0v) is 10.5. The van der Waals surface area contributed by atoms with E-state index in [1.807, 2.05) is 0 Å². The Kier molecular flexibility index (Phi) is 4.19. The van der Waals surface area contributed by atoms with Crippen molar-refractivity contribution in [3.8, 4) is 0 Å². The SMILES string of the molecule is CN(C[C@H]1CCC[C@H]1O)C(=O)NCc1ccon1. The second-order valence-electron chi connectivity index (χ2n) is 4.79. The maximum atomic E-state index is 11.8. The van der Waals surface area contributed by atoms with Crippen molar-refractivity contribution in [2.45, 2.75) is 31.9 Å². The highest BCUT2D eigenvalue weighted by atomic mass is 16.5. The van der Waals surface area contributed by atoms with Crippen LogP contribution >= 0.6 is 0 Å². The first-order valence-electron chi connectivity index (χ1n) is 6.23. The van der Waals surface area contributed by atoms with Crippen molar-refractivity contribution in [3.05, 3.63) is 18.0 Å². The van der Waals surface area contributed by atoms with Gasteiger partial charge in [-0.3, -0.25) is 0 Å². The van der Waals surface area contributed by atoms with Crippen LogP contribution in [-0.4, -0.2) is 40.9 Å². The Labute approximate surface area is 106 Å². The number of urea groups is 1. The van der Waals surface area contributed by atoms with Gasteiger partial charge in [0, 0.05) is 25.6 Å². The van der Waals surface area contributed by atoms with Gasteiger partial charge in [0.2, 0.25) is 0 Å². The number of nitrogens with zero attached hydrogens (tertiary/aromatic N) is 2. The van der Waals surface area contributed by atoms with Crippen molar-refractivity contribution >= 4 is 6.03 Å². The largest absolute Gasteiger partial charge is 0.393 e. The smallest absolute Gasteiger partial charge is 0.317 e. The third-order valence-corrected chi connectivity index (χ3v) is 3.39. The molecule has 0 radical (unpaired) electrons. The Bertz CT molecular complexity index is 380. The molecule has 1 aliphatic carbocycles. The highest BCUT2D eigenvalue weighted by Crippen LogP contribution is 2.25. The van der Waals surface area contributed by atoms with E-state index in [-0.39, 0.29) is 18.1 Å². The van der Waals surface area contributed by atoms with Crippen LogP contribution in [0.15, 0.2) is 16.9 Å². The maximum absolute atomic E-state index is 11.8. The monoisotopic (exact) mass is 253 g/mol. The molecule has 2 rings (SSSR count). The Morgan fingerprint density at radius 2 is 2.50 bits per heavy atom. The Morgan fingerprint density at radius 1 is 1.67 bits per heavy atom. The molecule has 18 heavy (non-hydrogen) atoms. The fourth-order valence-electron chi connectivity index (χ4n) is 2.29. The summed E-state index contributed by atoms with van der Waals surface area (Å²) in [4.78, 5) is 13.4. The average Bonchev–Trinajstić information content (AvgIpc) is 2.99. The minimum absolute atomic E-state index is 0.155. The second-order valence-corrected chi connectivity index (χ2v) is 4.79. The molecule has 1 saturated carbocycles.